The maximum Gasteiger partial charge on any atom is 0.169 e. The Morgan fingerprint density at radius 1 is 1.89 bits per heavy atom. The van der Waals surface area contributed by atoms with Crippen LogP contribution < -0.4 is 16.4 Å². The van der Waals surface area contributed by atoms with Crippen molar-refractivity contribution in [3.63, 3.8) is 0 Å². The van der Waals surface area contributed by atoms with E-state index in [2.05, 4.69) is 22.9 Å². The van der Waals surface area contributed by atoms with E-state index < -0.39 is 0 Å². The first-order valence-corrected chi connectivity index (χ1v) is 3.20. The van der Waals surface area contributed by atoms with E-state index in [1.54, 1.807) is 0 Å². The number of thiocarbonyl (C=S) groups is 1. The molecule has 0 radical (unpaired) electrons. The molecule has 0 amide bonds. The molecule has 1 rings (SSSR count). The first kappa shape index (κ1) is 6.35. The quantitative estimate of drug-likeness (QED) is 0.439. The van der Waals surface area contributed by atoms with Gasteiger partial charge in [-0.2, -0.15) is 0 Å². The highest BCUT2D eigenvalue weighted by Gasteiger charge is 2.00. The third-order valence-electron chi connectivity index (χ3n) is 1.07. The molecular weight excluding hydrogens is 134 g/mol. The third kappa shape index (κ3) is 1.89. The van der Waals surface area contributed by atoms with Crippen molar-refractivity contribution in [2.24, 2.45) is 5.73 Å². The van der Waals surface area contributed by atoms with Crippen LogP contribution in [0.15, 0.2) is 11.9 Å². The van der Waals surface area contributed by atoms with Crippen molar-refractivity contribution in [1.82, 2.24) is 10.6 Å². The van der Waals surface area contributed by atoms with E-state index in [1.807, 2.05) is 6.08 Å². The molecule has 0 spiro atoms. The zero-order chi connectivity index (χ0) is 6.69. The Kier molecular flexibility index (Phi) is 1.89. The van der Waals surface area contributed by atoms with Crippen molar-refractivity contribution in [3.05, 3.63) is 11.9 Å². The molecule has 4 heteroatoms. The van der Waals surface area contributed by atoms with Gasteiger partial charge >= 0.3 is 0 Å². The van der Waals surface area contributed by atoms with E-state index in [4.69, 9.17) is 5.73 Å². The molecule has 1 aliphatic heterocycles. The Morgan fingerprint density at radius 2 is 2.67 bits per heavy atom. The van der Waals surface area contributed by atoms with E-state index in [9.17, 15) is 0 Å². The highest BCUT2D eigenvalue weighted by atomic mass is 32.1. The number of rotatable bonds is 1. The van der Waals surface area contributed by atoms with E-state index in [1.165, 1.54) is 0 Å². The van der Waals surface area contributed by atoms with Crippen LogP contribution in [0.1, 0.15) is 6.42 Å². The first-order valence-electron chi connectivity index (χ1n) is 2.79. The lowest BCUT2D eigenvalue weighted by Crippen LogP contribution is -2.32. The van der Waals surface area contributed by atoms with Crippen LogP contribution in [0.4, 0.5) is 0 Å². The van der Waals surface area contributed by atoms with Crippen LogP contribution in [0.25, 0.3) is 0 Å². The Balaban J connectivity index is 2.35. The summed E-state index contributed by atoms with van der Waals surface area (Å²) < 4.78 is 0. The van der Waals surface area contributed by atoms with Gasteiger partial charge in [-0.25, -0.2) is 0 Å². The molecule has 0 aliphatic carbocycles. The maximum atomic E-state index is 5.21. The van der Waals surface area contributed by atoms with Gasteiger partial charge < -0.3 is 16.4 Å². The highest BCUT2D eigenvalue weighted by molar-refractivity contribution is 7.80. The average Bonchev–Trinajstić information content (AvgIpc) is 2.15. The van der Waals surface area contributed by atoms with Crippen LogP contribution in [0.5, 0.6) is 0 Å². The summed E-state index contributed by atoms with van der Waals surface area (Å²) in [6.45, 7) is 0.977. The van der Waals surface area contributed by atoms with Crippen LogP contribution in [-0.2, 0) is 0 Å². The summed E-state index contributed by atoms with van der Waals surface area (Å²) in [6.07, 6.45) is 3.07. The van der Waals surface area contributed by atoms with E-state index in [0.29, 0.717) is 5.11 Å². The van der Waals surface area contributed by atoms with Crippen molar-refractivity contribution in [2.45, 2.75) is 6.42 Å². The van der Waals surface area contributed by atoms with Gasteiger partial charge in [0.15, 0.2) is 5.11 Å². The van der Waals surface area contributed by atoms with Gasteiger partial charge in [0.2, 0.25) is 0 Å². The average molecular weight is 143 g/mol. The molecule has 0 aromatic heterocycles. The number of nitrogens with one attached hydrogen (secondary N) is 2. The molecule has 0 fully saturated rings. The van der Waals surface area contributed by atoms with Crippen LogP contribution in [0, 0.1) is 0 Å². The second-order valence-electron chi connectivity index (χ2n) is 1.82. The van der Waals surface area contributed by atoms with Crippen LogP contribution >= 0.6 is 12.2 Å². The molecule has 1 aliphatic rings. The Bertz CT molecular complexity index is 152. The lowest BCUT2D eigenvalue weighted by atomic mass is 10.5. The third-order valence-corrected chi connectivity index (χ3v) is 1.17. The maximum absolute atomic E-state index is 5.21. The molecule has 0 aromatic rings. The van der Waals surface area contributed by atoms with Crippen LogP contribution in [0.3, 0.4) is 0 Å². The lowest BCUT2D eigenvalue weighted by molar-refractivity contribution is 0.835. The number of hydrogen-bond donors (Lipinski definition) is 3. The topological polar surface area (TPSA) is 50.1 Å². The SMILES string of the molecule is NC(=S)NC1=CCCN1. The summed E-state index contributed by atoms with van der Waals surface area (Å²) >= 11 is 4.62. The van der Waals surface area contributed by atoms with Crippen molar-refractivity contribution < 1.29 is 0 Å². The molecule has 0 atom stereocenters. The molecule has 9 heavy (non-hydrogen) atoms. The van der Waals surface area contributed by atoms with Gasteiger partial charge in [0, 0.05) is 6.54 Å². The second-order valence-corrected chi connectivity index (χ2v) is 2.26. The molecule has 0 aromatic carbocycles. The highest BCUT2D eigenvalue weighted by Crippen LogP contribution is 1.95. The number of hydrogen-bond acceptors (Lipinski definition) is 2. The van der Waals surface area contributed by atoms with Gasteiger partial charge in [0.25, 0.3) is 0 Å². The first-order chi connectivity index (χ1) is 4.29. The van der Waals surface area contributed by atoms with Crippen molar-refractivity contribution in [2.75, 3.05) is 6.54 Å². The van der Waals surface area contributed by atoms with Crippen molar-refractivity contribution >= 4 is 17.3 Å². The molecule has 0 bridgehead atoms. The van der Waals surface area contributed by atoms with Crippen LogP contribution in [-0.4, -0.2) is 11.7 Å². The molecule has 0 unspecified atom stereocenters. The zero-order valence-corrected chi connectivity index (χ0v) is 5.79. The van der Waals surface area contributed by atoms with Crippen molar-refractivity contribution in [1.29, 1.82) is 0 Å². The van der Waals surface area contributed by atoms with E-state index in [-0.39, 0.29) is 0 Å². The largest absolute Gasteiger partial charge is 0.376 e. The Labute approximate surface area is 59.3 Å². The minimum Gasteiger partial charge on any atom is -0.376 e. The molecular formula is C5H9N3S. The summed E-state index contributed by atoms with van der Waals surface area (Å²) in [5.74, 6) is 0.933. The lowest BCUT2D eigenvalue weighted by Gasteiger charge is -2.03. The molecule has 0 saturated carbocycles. The van der Waals surface area contributed by atoms with Gasteiger partial charge in [0.1, 0.15) is 5.82 Å². The van der Waals surface area contributed by atoms with Gasteiger partial charge in [-0.3, -0.25) is 0 Å². The molecule has 50 valence electrons. The minimum absolute atomic E-state index is 0.315. The molecule has 4 N–H and O–H groups in total. The smallest absolute Gasteiger partial charge is 0.169 e. The fourth-order valence-corrected chi connectivity index (χ4v) is 0.833. The summed E-state index contributed by atoms with van der Waals surface area (Å²) in [4.78, 5) is 0. The Hall–Kier alpha value is -0.770. The molecule has 3 nitrogen and oxygen atoms in total. The van der Waals surface area contributed by atoms with Gasteiger partial charge in [-0.1, -0.05) is 0 Å². The molecule has 0 saturated heterocycles. The minimum atomic E-state index is 0.315. The fourth-order valence-electron chi connectivity index (χ4n) is 0.723. The van der Waals surface area contributed by atoms with Gasteiger partial charge in [-0.05, 0) is 24.7 Å². The summed E-state index contributed by atoms with van der Waals surface area (Å²) in [6, 6.07) is 0. The summed E-state index contributed by atoms with van der Waals surface area (Å²) in [7, 11) is 0. The Morgan fingerprint density at radius 3 is 3.11 bits per heavy atom. The normalized spacial score (nSPS) is 16.2. The van der Waals surface area contributed by atoms with Gasteiger partial charge in [-0.15, -0.1) is 0 Å². The van der Waals surface area contributed by atoms with Crippen molar-refractivity contribution in [3.8, 4) is 0 Å². The van der Waals surface area contributed by atoms with Gasteiger partial charge in [0.05, 0.1) is 0 Å². The summed E-state index contributed by atoms with van der Waals surface area (Å²) in [5.41, 5.74) is 5.21. The van der Waals surface area contributed by atoms with E-state index in [0.717, 1.165) is 18.8 Å². The molecule has 1 heterocycles. The monoisotopic (exact) mass is 143 g/mol. The predicted octanol–water partition coefficient (Wildman–Crippen LogP) is -0.346. The van der Waals surface area contributed by atoms with E-state index >= 15 is 0 Å². The second kappa shape index (κ2) is 2.68. The standard InChI is InChI=1S/C5H9N3S/c6-5(9)8-4-2-1-3-7-4/h2,7H,1,3H2,(H3,6,8,9). The summed E-state index contributed by atoms with van der Waals surface area (Å²) in [5, 5.41) is 6.19. The predicted molar refractivity (Wildman–Crippen MR) is 40.6 cm³/mol. The van der Waals surface area contributed by atoms with Crippen LogP contribution in [0.2, 0.25) is 0 Å². The number of nitrogens with two attached hydrogens (primary N) is 1. The zero-order valence-electron chi connectivity index (χ0n) is 4.98. The fraction of sp³-hybridized carbons (Fsp3) is 0.400.